The summed E-state index contributed by atoms with van der Waals surface area (Å²) in [5.41, 5.74) is 0.568. The van der Waals surface area contributed by atoms with E-state index in [-0.39, 0.29) is 17.3 Å². The van der Waals surface area contributed by atoms with Crippen LogP contribution in [0.5, 0.6) is 0 Å². The molecule has 0 amide bonds. The van der Waals surface area contributed by atoms with E-state index < -0.39 is 10.0 Å². The van der Waals surface area contributed by atoms with Crippen molar-refractivity contribution in [2.75, 3.05) is 20.2 Å². The lowest BCUT2D eigenvalue weighted by Crippen LogP contribution is -2.29. The van der Waals surface area contributed by atoms with Gasteiger partial charge in [0.2, 0.25) is 0 Å². The average Bonchev–Trinajstić information content (AvgIpc) is 2.69. The van der Waals surface area contributed by atoms with E-state index in [1.165, 1.54) is 6.07 Å². The highest BCUT2D eigenvalue weighted by atomic mass is 32.2. The molecule has 20 heavy (non-hydrogen) atoms. The van der Waals surface area contributed by atoms with Crippen LogP contribution in [0.25, 0.3) is 0 Å². The summed E-state index contributed by atoms with van der Waals surface area (Å²) in [6, 6.07) is 6.65. The molecule has 0 unspecified atom stereocenters. The molecule has 1 aromatic rings. The zero-order valence-electron chi connectivity index (χ0n) is 11.4. The SMILES string of the molecule is CCOC(=O)CCN(C)C1=NS(=O)(=O)c2ccccc21. The van der Waals surface area contributed by atoms with Gasteiger partial charge in [-0.05, 0) is 19.1 Å². The first-order valence-electron chi connectivity index (χ1n) is 6.27. The van der Waals surface area contributed by atoms with Gasteiger partial charge in [-0.15, -0.1) is 4.40 Å². The molecule has 0 fully saturated rings. The molecule has 0 N–H and O–H groups in total. The molecule has 0 saturated heterocycles. The van der Waals surface area contributed by atoms with Crippen LogP contribution >= 0.6 is 0 Å². The number of sulfonamides is 1. The first-order valence-corrected chi connectivity index (χ1v) is 7.71. The van der Waals surface area contributed by atoms with Gasteiger partial charge in [0, 0.05) is 19.2 Å². The fraction of sp³-hybridized carbons (Fsp3) is 0.385. The Morgan fingerprint density at radius 2 is 2.05 bits per heavy atom. The van der Waals surface area contributed by atoms with Crippen molar-refractivity contribution in [2.24, 2.45) is 4.40 Å². The number of esters is 1. The van der Waals surface area contributed by atoms with Gasteiger partial charge in [0.15, 0.2) is 5.84 Å². The van der Waals surface area contributed by atoms with Gasteiger partial charge in [-0.1, -0.05) is 12.1 Å². The predicted molar refractivity (Wildman–Crippen MR) is 74.0 cm³/mol. The van der Waals surface area contributed by atoms with Crippen LogP contribution in [0.15, 0.2) is 33.6 Å². The van der Waals surface area contributed by atoms with Gasteiger partial charge in [0.1, 0.15) is 4.90 Å². The second-order valence-electron chi connectivity index (χ2n) is 4.36. The van der Waals surface area contributed by atoms with Crippen molar-refractivity contribution < 1.29 is 17.9 Å². The summed E-state index contributed by atoms with van der Waals surface area (Å²) < 4.78 is 32.4. The highest BCUT2D eigenvalue weighted by Gasteiger charge is 2.30. The number of carbonyl (C=O) groups is 1. The highest BCUT2D eigenvalue weighted by Crippen LogP contribution is 2.26. The first kappa shape index (κ1) is 14.5. The number of ether oxygens (including phenoxy) is 1. The van der Waals surface area contributed by atoms with Crippen molar-refractivity contribution in [3.63, 3.8) is 0 Å². The largest absolute Gasteiger partial charge is 0.466 e. The molecule has 0 aliphatic carbocycles. The van der Waals surface area contributed by atoms with E-state index in [2.05, 4.69) is 4.40 Å². The predicted octanol–water partition coefficient (Wildman–Crippen LogP) is 1.02. The highest BCUT2D eigenvalue weighted by molar-refractivity contribution is 7.90. The summed E-state index contributed by atoms with van der Waals surface area (Å²) >= 11 is 0. The minimum atomic E-state index is -3.62. The minimum Gasteiger partial charge on any atom is -0.466 e. The molecular weight excluding hydrogens is 280 g/mol. The number of hydrogen-bond donors (Lipinski definition) is 0. The third-order valence-electron chi connectivity index (χ3n) is 2.93. The van der Waals surface area contributed by atoms with Gasteiger partial charge < -0.3 is 9.64 Å². The van der Waals surface area contributed by atoms with E-state index in [0.717, 1.165) is 0 Å². The summed E-state index contributed by atoms with van der Waals surface area (Å²) in [5, 5.41) is 0. The van der Waals surface area contributed by atoms with Crippen molar-refractivity contribution in [3.05, 3.63) is 29.8 Å². The number of hydrogen-bond acceptors (Lipinski definition) is 5. The molecule has 1 heterocycles. The minimum absolute atomic E-state index is 0.186. The molecule has 108 valence electrons. The van der Waals surface area contributed by atoms with Crippen LogP contribution in [-0.4, -0.2) is 45.3 Å². The fourth-order valence-corrected chi connectivity index (χ4v) is 3.21. The summed E-state index contributed by atoms with van der Waals surface area (Å²) in [5.74, 6) is 0.0546. The Morgan fingerprint density at radius 1 is 1.35 bits per heavy atom. The smallest absolute Gasteiger partial charge is 0.307 e. The van der Waals surface area contributed by atoms with E-state index in [1.54, 1.807) is 37.1 Å². The van der Waals surface area contributed by atoms with E-state index in [1.807, 2.05) is 0 Å². The molecule has 0 spiro atoms. The third-order valence-corrected chi connectivity index (χ3v) is 4.26. The average molecular weight is 296 g/mol. The van der Waals surface area contributed by atoms with Crippen molar-refractivity contribution in [3.8, 4) is 0 Å². The molecule has 0 aromatic heterocycles. The lowest BCUT2D eigenvalue weighted by Gasteiger charge is -2.18. The molecule has 0 atom stereocenters. The summed E-state index contributed by atoms with van der Waals surface area (Å²) in [4.78, 5) is 13.2. The number of rotatable bonds is 4. The molecule has 1 aliphatic heterocycles. The Labute approximate surface area is 118 Å². The topological polar surface area (TPSA) is 76.0 Å². The van der Waals surface area contributed by atoms with Gasteiger partial charge in [0.05, 0.1) is 13.0 Å². The third kappa shape index (κ3) is 2.82. The lowest BCUT2D eigenvalue weighted by molar-refractivity contribution is -0.143. The van der Waals surface area contributed by atoms with E-state index in [4.69, 9.17) is 4.74 Å². The molecular formula is C13H16N2O4S. The zero-order chi connectivity index (χ0) is 14.8. The summed E-state index contributed by atoms with van der Waals surface area (Å²) in [6.45, 7) is 2.42. The van der Waals surface area contributed by atoms with Crippen LogP contribution < -0.4 is 0 Å². The van der Waals surface area contributed by atoms with Crippen LogP contribution in [-0.2, 0) is 19.6 Å². The van der Waals surface area contributed by atoms with Crippen molar-refractivity contribution in [1.82, 2.24) is 4.90 Å². The maximum Gasteiger partial charge on any atom is 0.307 e. The Hall–Kier alpha value is -1.89. The number of nitrogens with zero attached hydrogens (tertiary/aromatic N) is 2. The maximum atomic E-state index is 11.9. The normalized spacial score (nSPS) is 15.4. The number of carbonyl (C=O) groups excluding carboxylic acids is 1. The van der Waals surface area contributed by atoms with Crippen LogP contribution in [0.3, 0.4) is 0 Å². The van der Waals surface area contributed by atoms with Crippen LogP contribution in [0.1, 0.15) is 18.9 Å². The lowest BCUT2D eigenvalue weighted by atomic mass is 10.2. The molecule has 1 aliphatic rings. The van der Waals surface area contributed by atoms with Gasteiger partial charge in [-0.25, -0.2) is 0 Å². The summed E-state index contributed by atoms with van der Waals surface area (Å²) in [6.07, 6.45) is 0.186. The van der Waals surface area contributed by atoms with Crippen molar-refractivity contribution in [2.45, 2.75) is 18.2 Å². The molecule has 6 nitrogen and oxygen atoms in total. The van der Waals surface area contributed by atoms with E-state index >= 15 is 0 Å². The monoisotopic (exact) mass is 296 g/mol. The zero-order valence-corrected chi connectivity index (χ0v) is 12.2. The molecule has 0 saturated carbocycles. The van der Waals surface area contributed by atoms with Gasteiger partial charge >= 0.3 is 5.97 Å². The van der Waals surface area contributed by atoms with E-state index in [9.17, 15) is 13.2 Å². The van der Waals surface area contributed by atoms with Crippen LogP contribution in [0, 0.1) is 0 Å². The summed E-state index contributed by atoms with van der Waals surface area (Å²) in [7, 11) is -1.91. The number of fused-ring (bicyclic) bond motifs is 1. The Morgan fingerprint density at radius 3 is 2.75 bits per heavy atom. The maximum absolute atomic E-state index is 11.9. The molecule has 2 rings (SSSR count). The van der Waals surface area contributed by atoms with Crippen LogP contribution in [0.4, 0.5) is 0 Å². The Balaban J connectivity index is 2.16. The first-order chi connectivity index (χ1) is 9.45. The molecule has 0 bridgehead atoms. The second kappa shape index (κ2) is 5.62. The van der Waals surface area contributed by atoms with E-state index in [0.29, 0.717) is 24.6 Å². The standard InChI is InChI=1S/C13H16N2O4S/c1-3-19-12(16)8-9-15(2)13-10-6-4-5-7-11(10)20(17,18)14-13/h4-7H,3,8-9H2,1-2H3. The van der Waals surface area contributed by atoms with Crippen molar-refractivity contribution >= 4 is 21.8 Å². The molecule has 1 aromatic carbocycles. The Kier molecular flexibility index (Phi) is 4.08. The Bertz CT molecular complexity index is 652. The number of amidine groups is 1. The number of benzene rings is 1. The van der Waals surface area contributed by atoms with Crippen molar-refractivity contribution in [1.29, 1.82) is 0 Å². The van der Waals surface area contributed by atoms with Crippen LogP contribution in [0.2, 0.25) is 0 Å². The molecule has 7 heteroatoms. The van der Waals surface area contributed by atoms with Gasteiger partial charge in [-0.3, -0.25) is 4.79 Å². The van der Waals surface area contributed by atoms with Gasteiger partial charge in [-0.2, -0.15) is 8.42 Å². The van der Waals surface area contributed by atoms with Gasteiger partial charge in [0.25, 0.3) is 10.0 Å². The quantitative estimate of drug-likeness (QED) is 0.775. The second-order valence-corrected chi connectivity index (χ2v) is 5.94. The fourth-order valence-electron chi connectivity index (χ4n) is 1.96. The molecule has 0 radical (unpaired) electrons.